The van der Waals surface area contributed by atoms with Crippen molar-refractivity contribution in [3.05, 3.63) is 35.4 Å². The number of carbonyl (C=O) groups is 1. The first-order valence-corrected chi connectivity index (χ1v) is 8.58. The second-order valence-electron chi connectivity index (χ2n) is 6.69. The van der Waals surface area contributed by atoms with Gasteiger partial charge in [-0.2, -0.15) is 0 Å². The quantitative estimate of drug-likeness (QED) is 0.833. The first-order chi connectivity index (χ1) is 10.8. The highest BCUT2D eigenvalue weighted by molar-refractivity contribution is 5.94. The van der Waals surface area contributed by atoms with Gasteiger partial charge in [-0.15, -0.1) is 24.8 Å². The van der Waals surface area contributed by atoms with Gasteiger partial charge in [-0.3, -0.25) is 9.69 Å². The van der Waals surface area contributed by atoms with Gasteiger partial charge in [0.2, 0.25) is 0 Å². The minimum absolute atomic E-state index is 0. The molecule has 2 unspecified atom stereocenters. The number of rotatable bonds is 5. The number of amides is 1. The first-order valence-electron chi connectivity index (χ1n) is 8.58. The molecule has 1 aromatic rings. The van der Waals surface area contributed by atoms with Crippen molar-refractivity contribution >= 4 is 30.7 Å². The Kier molecular flexibility index (Phi) is 9.06. The summed E-state index contributed by atoms with van der Waals surface area (Å²) in [4.78, 5) is 14.9. The highest BCUT2D eigenvalue weighted by Crippen LogP contribution is 2.25. The molecule has 2 aliphatic rings. The van der Waals surface area contributed by atoms with Crippen LogP contribution in [0.5, 0.6) is 0 Å². The molecule has 1 aliphatic heterocycles. The van der Waals surface area contributed by atoms with E-state index in [1.807, 2.05) is 18.2 Å². The molecule has 6 heteroatoms. The Bertz CT molecular complexity index is 521. The van der Waals surface area contributed by atoms with Crippen molar-refractivity contribution in [1.82, 2.24) is 10.2 Å². The monoisotopic (exact) mass is 373 g/mol. The lowest BCUT2D eigenvalue weighted by atomic mass is 10.0. The van der Waals surface area contributed by atoms with Gasteiger partial charge < -0.3 is 11.1 Å². The van der Waals surface area contributed by atoms with E-state index < -0.39 is 0 Å². The van der Waals surface area contributed by atoms with E-state index in [-0.39, 0.29) is 36.8 Å². The topological polar surface area (TPSA) is 58.4 Å². The van der Waals surface area contributed by atoms with Crippen molar-refractivity contribution in [2.24, 2.45) is 11.7 Å². The first kappa shape index (κ1) is 21.2. The lowest BCUT2D eigenvalue weighted by Gasteiger charge is -2.20. The molecular weight excluding hydrogens is 345 g/mol. The van der Waals surface area contributed by atoms with E-state index in [0.29, 0.717) is 12.5 Å². The Morgan fingerprint density at radius 3 is 2.62 bits per heavy atom. The van der Waals surface area contributed by atoms with Crippen molar-refractivity contribution < 1.29 is 4.79 Å². The molecule has 1 aliphatic carbocycles. The van der Waals surface area contributed by atoms with Gasteiger partial charge in [0.1, 0.15) is 0 Å². The number of likely N-dealkylation sites (tertiary alicyclic amines) is 1. The lowest BCUT2D eigenvalue weighted by molar-refractivity contribution is 0.0928. The number of hydrogen-bond donors (Lipinski definition) is 2. The molecular formula is C18H29Cl2N3O. The number of carbonyl (C=O) groups excluding carboxylic acids is 1. The molecule has 136 valence electrons. The molecule has 1 amide bonds. The third-order valence-corrected chi connectivity index (χ3v) is 5.07. The average molecular weight is 374 g/mol. The van der Waals surface area contributed by atoms with Crippen LogP contribution in [0.25, 0.3) is 0 Å². The van der Waals surface area contributed by atoms with Crippen LogP contribution in [0, 0.1) is 5.92 Å². The van der Waals surface area contributed by atoms with Crippen LogP contribution in [0.2, 0.25) is 0 Å². The average Bonchev–Trinajstić information content (AvgIpc) is 3.19. The third-order valence-electron chi connectivity index (χ3n) is 5.07. The molecule has 1 heterocycles. The highest BCUT2D eigenvalue weighted by Gasteiger charge is 2.27. The molecule has 1 saturated carbocycles. The van der Waals surface area contributed by atoms with Crippen molar-refractivity contribution in [2.75, 3.05) is 19.6 Å². The van der Waals surface area contributed by atoms with Crippen molar-refractivity contribution in [3.8, 4) is 0 Å². The van der Waals surface area contributed by atoms with Crippen molar-refractivity contribution in [2.45, 2.75) is 44.7 Å². The molecule has 0 bridgehead atoms. The summed E-state index contributed by atoms with van der Waals surface area (Å²) in [5.74, 6) is 0.491. The molecule has 24 heavy (non-hydrogen) atoms. The number of halogens is 2. The standard InChI is InChI=1S/C18H27N3O.2ClH/c19-12-16-7-4-8-17(16)20-18(22)15-6-3-5-14(11-15)13-21-9-1-2-10-21;;/h3,5-6,11,16-17H,1-2,4,7-10,12-13,19H2,(H,20,22);2*1H. The van der Waals surface area contributed by atoms with Crippen LogP contribution in [-0.2, 0) is 6.54 Å². The van der Waals surface area contributed by atoms with Crippen LogP contribution >= 0.6 is 24.8 Å². The van der Waals surface area contributed by atoms with Gasteiger partial charge in [0.15, 0.2) is 0 Å². The van der Waals surface area contributed by atoms with Gasteiger partial charge in [0.25, 0.3) is 5.91 Å². The minimum atomic E-state index is 0. The maximum atomic E-state index is 12.5. The summed E-state index contributed by atoms with van der Waals surface area (Å²) in [5, 5.41) is 3.18. The van der Waals surface area contributed by atoms with Gasteiger partial charge >= 0.3 is 0 Å². The van der Waals surface area contributed by atoms with E-state index in [2.05, 4.69) is 16.3 Å². The summed E-state index contributed by atoms with van der Waals surface area (Å²) in [6.07, 6.45) is 5.95. The Labute approximate surface area is 157 Å². The SMILES string of the molecule is Cl.Cl.NCC1CCCC1NC(=O)c1cccc(CN2CCCC2)c1. The summed E-state index contributed by atoms with van der Waals surface area (Å²) in [5.41, 5.74) is 7.81. The van der Waals surface area contributed by atoms with Crippen molar-refractivity contribution in [3.63, 3.8) is 0 Å². The number of nitrogens with zero attached hydrogens (tertiary/aromatic N) is 1. The molecule has 0 aromatic heterocycles. The Morgan fingerprint density at radius 1 is 1.17 bits per heavy atom. The zero-order valence-electron chi connectivity index (χ0n) is 14.1. The Morgan fingerprint density at radius 2 is 1.92 bits per heavy atom. The number of benzene rings is 1. The molecule has 0 radical (unpaired) electrons. The summed E-state index contributed by atoms with van der Waals surface area (Å²) in [6.45, 7) is 3.98. The van der Waals surface area contributed by atoms with E-state index in [9.17, 15) is 4.79 Å². The highest BCUT2D eigenvalue weighted by atomic mass is 35.5. The fourth-order valence-electron chi connectivity index (χ4n) is 3.77. The third kappa shape index (κ3) is 5.35. The normalized spacial score (nSPS) is 23.4. The second-order valence-corrected chi connectivity index (χ2v) is 6.69. The summed E-state index contributed by atoms with van der Waals surface area (Å²) in [6, 6.07) is 8.32. The molecule has 3 N–H and O–H groups in total. The van der Waals surface area contributed by atoms with Crippen LogP contribution in [0.15, 0.2) is 24.3 Å². The molecule has 3 rings (SSSR count). The largest absolute Gasteiger partial charge is 0.349 e. The number of hydrogen-bond acceptors (Lipinski definition) is 3. The van der Waals surface area contributed by atoms with Gasteiger partial charge in [-0.05, 0) is 68.9 Å². The fraction of sp³-hybridized carbons (Fsp3) is 0.611. The number of nitrogens with two attached hydrogens (primary N) is 1. The molecule has 2 atom stereocenters. The van der Waals surface area contributed by atoms with E-state index in [1.54, 1.807) is 0 Å². The van der Waals surface area contributed by atoms with Crippen LogP contribution < -0.4 is 11.1 Å². The predicted octanol–water partition coefficient (Wildman–Crippen LogP) is 2.98. The van der Waals surface area contributed by atoms with E-state index in [4.69, 9.17) is 5.73 Å². The number of nitrogens with one attached hydrogen (secondary N) is 1. The minimum Gasteiger partial charge on any atom is -0.349 e. The Balaban J connectivity index is 0.00000144. The van der Waals surface area contributed by atoms with Crippen LogP contribution in [0.3, 0.4) is 0 Å². The van der Waals surface area contributed by atoms with Gasteiger partial charge in [-0.1, -0.05) is 18.6 Å². The molecule has 1 saturated heterocycles. The summed E-state index contributed by atoms with van der Waals surface area (Å²) in [7, 11) is 0. The van der Waals surface area contributed by atoms with Crippen LogP contribution in [0.1, 0.15) is 48.0 Å². The van der Waals surface area contributed by atoms with Gasteiger partial charge in [-0.25, -0.2) is 0 Å². The summed E-state index contributed by atoms with van der Waals surface area (Å²) < 4.78 is 0. The fourth-order valence-corrected chi connectivity index (χ4v) is 3.77. The van der Waals surface area contributed by atoms with E-state index in [0.717, 1.165) is 24.9 Å². The molecule has 0 spiro atoms. The van der Waals surface area contributed by atoms with E-state index in [1.165, 1.54) is 37.9 Å². The van der Waals surface area contributed by atoms with Gasteiger partial charge in [0.05, 0.1) is 0 Å². The smallest absolute Gasteiger partial charge is 0.251 e. The summed E-state index contributed by atoms with van der Waals surface area (Å²) >= 11 is 0. The van der Waals surface area contributed by atoms with Gasteiger partial charge in [0, 0.05) is 18.2 Å². The van der Waals surface area contributed by atoms with Crippen LogP contribution in [-0.4, -0.2) is 36.5 Å². The van der Waals surface area contributed by atoms with Crippen LogP contribution in [0.4, 0.5) is 0 Å². The van der Waals surface area contributed by atoms with E-state index >= 15 is 0 Å². The maximum absolute atomic E-state index is 12.5. The predicted molar refractivity (Wildman–Crippen MR) is 103 cm³/mol. The Hall–Kier alpha value is -0.810. The second kappa shape index (κ2) is 10.2. The zero-order chi connectivity index (χ0) is 15.4. The maximum Gasteiger partial charge on any atom is 0.251 e. The zero-order valence-corrected chi connectivity index (χ0v) is 15.7. The van der Waals surface area contributed by atoms with Crippen molar-refractivity contribution in [1.29, 1.82) is 0 Å². The molecule has 2 fully saturated rings. The molecule has 4 nitrogen and oxygen atoms in total. The lowest BCUT2D eigenvalue weighted by Crippen LogP contribution is -2.39. The molecule has 1 aromatic carbocycles.